The van der Waals surface area contributed by atoms with Gasteiger partial charge >= 0.3 is 0 Å². The largest absolute Gasteiger partial charge is 0.340 e. The molecule has 2 aromatic carbocycles. The van der Waals surface area contributed by atoms with Gasteiger partial charge in [-0.2, -0.15) is 0 Å². The number of nitrogens with zero attached hydrogens (tertiary/aromatic N) is 5. The SMILES string of the molecule is Cc1nc(C(=O)N(C)Cc2nc3ccccc3[nH]2)nn1-c1ccc(F)cc1. The van der Waals surface area contributed by atoms with Crippen LogP contribution in [0.4, 0.5) is 4.39 Å². The Balaban J connectivity index is 1.55. The average Bonchev–Trinajstić information content (AvgIpc) is 3.24. The van der Waals surface area contributed by atoms with Crippen LogP contribution in [0.3, 0.4) is 0 Å². The molecule has 0 fully saturated rings. The van der Waals surface area contributed by atoms with Crippen molar-refractivity contribution in [3.63, 3.8) is 0 Å². The predicted octanol–water partition coefficient (Wildman–Crippen LogP) is 2.86. The maximum atomic E-state index is 13.1. The quantitative estimate of drug-likeness (QED) is 0.604. The normalized spacial score (nSPS) is 11.1. The Morgan fingerprint density at radius 2 is 1.89 bits per heavy atom. The van der Waals surface area contributed by atoms with Crippen LogP contribution in [0.15, 0.2) is 48.5 Å². The molecule has 0 aliphatic heterocycles. The van der Waals surface area contributed by atoms with Crippen molar-refractivity contribution >= 4 is 16.9 Å². The number of nitrogens with one attached hydrogen (secondary N) is 1. The van der Waals surface area contributed by atoms with Gasteiger partial charge in [0.05, 0.1) is 23.3 Å². The number of halogens is 1. The number of fused-ring (bicyclic) bond motifs is 1. The van der Waals surface area contributed by atoms with Crippen LogP contribution in [0, 0.1) is 12.7 Å². The molecule has 0 saturated carbocycles. The number of hydrogen-bond donors (Lipinski definition) is 1. The molecule has 136 valence electrons. The second kappa shape index (κ2) is 6.64. The molecule has 0 spiro atoms. The number of hydrogen-bond acceptors (Lipinski definition) is 4. The fourth-order valence-electron chi connectivity index (χ4n) is 2.86. The number of aryl methyl sites for hydroxylation is 1. The highest BCUT2D eigenvalue weighted by atomic mass is 19.1. The van der Waals surface area contributed by atoms with E-state index in [4.69, 9.17) is 0 Å². The van der Waals surface area contributed by atoms with Gasteiger partial charge in [-0.15, -0.1) is 5.10 Å². The first kappa shape index (κ1) is 16.9. The molecule has 8 heteroatoms. The lowest BCUT2D eigenvalue weighted by Gasteiger charge is -2.13. The van der Waals surface area contributed by atoms with Crippen molar-refractivity contribution in [2.24, 2.45) is 0 Å². The molecule has 0 bridgehead atoms. The number of amides is 1. The van der Waals surface area contributed by atoms with E-state index in [2.05, 4.69) is 20.1 Å². The second-order valence-corrected chi connectivity index (χ2v) is 6.23. The summed E-state index contributed by atoms with van der Waals surface area (Å²) in [5.41, 5.74) is 2.41. The van der Waals surface area contributed by atoms with Gasteiger partial charge in [-0.1, -0.05) is 12.1 Å². The summed E-state index contributed by atoms with van der Waals surface area (Å²) in [6, 6.07) is 13.5. The van der Waals surface area contributed by atoms with Crippen LogP contribution in [-0.4, -0.2) is 42.6 Å². The van der Waals surface area contributed by atoms with Gasteiger partial charge in [-0.25, -0.2) is 19.0 Å². The minimum absolute atomic E-state index is 0.0791. The van der Waals surface area contributed by atoms with Gasteiger partial charge in [0.25, 0.3) is 5.91 Å². The number of imidazole rings is 1. The van der Waals surface area contributed by atoms with E-state index in [1.807, 2.05) is 24.3 Å². The highest BCUT2D eigenvalue weighted by Gasteiger charge is 2.20. The molecular formula is C19H17FN6O. The van der Waals surface area contributed by atoms with E-state index in [1.54, 1.807) is 26.1 Å². The third-order valence-electron chi connectivity index (χ3n) is 4.20. The van der Waals surface area contributed by atoms with Gasteiger partial charge in [0.2, 0.25) is 5.82 Å². The summed E-state index contributed by atoms with van der Waals surface area (Å²) in [6.45, 7) is 2.05. The topological polar surface area (TPSA) is 79.7 Å². The summed E-state index contributed by atoms with van der Waals surface area (Å²) in [5, 5.41) is 4.28. The Hall–Kier alpha value is -3.55. The zero-order chi connectivity index (χ0) is 19.0. The third-order valence-corrected chi connectivity index (χ3v) is 4.20. The zero-order valence-corrected chi connectivity index (χ0v) is 14.8. The maximum absolute atomic E-state index is 13.1. The molecule has 2 heterocycles. The number of carbonyl (C=O) groups excluding carboxylic acids is 1. The first-order valence-corrected chi connectivity index (χ1v) is 8.40. The number of benzene rings is 2. The molecule has 0 saturated heterocycles. The standard InChI is InChI=1S/C19H17FN6O/c1-12-21-18(24-26(12)14-9-7-13(20)8-10-14)19(27)25(2)11-17-22-15-5-3-4-6-16(15)23-17/h3-10H,11H2,1-2H3,(H,22,23). The molecular weight excluding hydrogens is 347 g/mol. The van der Waals surface area contributed by atoms with Crippen molar-refractivity contribution < 1.29 is 9.18 Å². The first-order valence-electron chi connectivity index (χ1n) is 8.40. The zero-order valence-electron chi connectivity index (χ0n) is 14.8. The van der Waals surface area contributed by atoms with Crippen LogP contribution >= 0.6 is 0 Å². The Kier molecular flexibility index (Phi) is 4.15. The molecule has 1 N–H and O–H groups in total. The van der Waals surface area contributed by atoms with Crippen LogP contribution in [0.25, 0.3) is 16.7 Å². The second-order valence-electron chi connectivity index (χ2n) is 6.23. The number of para-hydroxylation sites is 2. The Bertz CT molecular complexity index is 1080. The molecule has 0 radical (unpaired) electrons. The molecule has 1 amide bonds. The van der Waals surface area contributed by atoms with Crippen LogP contribution in [0.2, 0.25) is 0 Å². The van der Waals surface area contributed by atoms with Crippen LogP contribution in [0.1, 0.15) is 22.3 Å². The monoisotopic (exact) mass is 364 g/mol. The third kappa shape index (κ3) is 3.29. The molecule has 2 aromatic heterocycles. The summed E-state index contributed by atoms with van der Waals surface area (Å²) in [6.07, 6.45) is 0. The van der Waals surface area contributed by atoms with Gasteiger partial charge in [0.15, 0.2) is 0 Å². The fraction of sp³-hybridized carbons (Fsp3) is 0.158. The van der Waals surface area contributed by atoms with Crippen molar-refractivity contribution in [2.75, 3.05) is 7.05 Å². The Morgan fingerprint density at radius 1 is 1.15 bits per heavy atom. The highest BCUT2D eigenvalue weighted by molar-refractivity contribution is 5.90. The van der Waals surface area contributed by atoms with Crippen LogP contribution in [0.5, 0.6) is 0 Å². The number of rotatable bonds is 4. The van der Waals surface area contributed by atoms with Crippen molar-refractivity contribution in [2.45, 2.75) is 13.5 Å². The summed E-state index contributed by atoms with van der Waals surface area (Å²) in [7, 11) is 1.67. The lowest BCUT2D eigenvalue weighted by atomic mass is 10.3. The lowest BCUT2D eigenvalue weighted by molar-refractivity contribution is 0.0770. The highest BCUT2D eigenvalue weighted by Crippen LogP contribution is 2.14. The minimum Gasteiger partial charge on any atom is -0.340 e. The average molecular weight is 364 g/mol. The van der Waals surface area contributed by atoms with E-state index in [9.17, 15) is 9.18 Å². The number of aromatic amines is 1. The Labute approximate surface area is 154 Å². The molecule has 0 aliphatic carbocycles. The van der Waals surface area contributed by atoms with Gasteiger partial charge in [0, 0.05) is 7.05 Å². The molecule has 4 rings (SSSR count). The van der Waals surface area contributed by atoms with E-state index < -0.39 is 0 Å². The number of carbonyl (C=O) groups is 1. The molecule has 27 heavy (non-hydrogen) atoms. The van der Waals surface area contributed by atoms with Crippen molar-refractivity contribution in [1.29, 1.82) is 0 Å². The van der Waals surface area contributed by atoms with Gasteiger partial charge in [-0.05, 0) is 43.3 Å². The van der Waals surface area contributed by atoms with E-state index in [0.29, 0.717) is 23.9 Å². The van der Waals surface area contributed by atoms with E-state index >= 15 is 0 Å². The summed E-state index contributed by atoms with van der Waals surface area (Å²) < 4.78 is 14.6. The smallest absolute Gasteiger partial charge is 0.293 e. The maximum Gasteiger partial charge on any atom is 0.293 e. The number of aromatic nitrogens is 5. The molecule has 4 aromatic rings. The number of H-pyrrole nitrogens is 1. The van der Waals surface area contributed by atoms with E-state index in [-0.39, 0.29) is 17.5 Å². The molecule has 0 unspecified atom stereocenters. The van der Waals surface area contributed by atoms with Crippen LogP contribution in [-0.2, 0) is 6.54 Å². The van der Waals surface area contributed by atoms with Crippen molar-refractivity contribution in [3.8, 4) is 5.69 Å². The van der Waals surface area contributed by atoms with Gasteiger partial charge in [0.1, 0.15) is 17.5 Å². The predicted molar refractivity (Wildman–Crippen MR) is 97.9 cm³/mol. The summed E-state index contributed by atoms with van der Waals surface area (Å²) in [4.78, 5) is 26.1. The lowest BCUT2D eigenvalue weighted by Crippen LogP contribution is -2.27. The van der Waals surface area contributed by atoms with E-state index in [1.165, 1.54) is 21.7 Å². The summed E-state index contributed by atoms with van der Waals surface area (Å²) >= 11 is 0. The van der Waals surface area contributed by atoms with Gasteiger partial charge < -0.3 is 9.88 Å². The van der Waals surface area contributed by atoms with Crippen LogP contribution < -0.4 is 0 Å². The molecule has 0 atom stereocenters. The molecule has 7 nitrogen and oxygen atoms in total. The first-order chi connectivity index (χ1) is 13.0. The molecule has 0 aliphatic rings. The summed E-state index contributed by atoms with van der Waals surface area (Å²) in [5.74, 6) is 0.650. The van der Waals surface area contributed by atoms with Crippen molar-refractivity contribution in [1.82, 2.24) is 29.6 Å². The fourth-order valence-corrected chi connectivity index (χ4v) is 2.86. The Morgan fingerprint density at radius 3 is 2.63 bits per heavy atom. The minimum atomic E-state index is -0.335. The van der Waals surface area contributed by atoms with Crippen molar-refractivity contribution in [3.05, 3.63) is 71.8 Å². The van der Waals surface area contributed by atoms with E-state index in [0.717, 1.165) is 11.0 Å². The van der Waals surface area contributed by atoms with Gasteiger partial charge in [-0.3, -0.25) is 4.79 Å².